The third-order valence-electron chi connectivity index (χ3n) is 3.72. The molecule has 1 unspecified atom stereocenters. The molecule has 0 aromatic carbocycles. The van der Waals surface area contributed by atoms with Gasteiger partial charge >= 0.3 is 12.2 Å². The van der Waals surface area contributed by atoms with Crippen molar-refractivity contribution in [2.45, 2.75) is 53.2 Å². The normalized spacial score (nSPS) is 16.4. The predicted molar refractivity (Wildman–Crippen MR) is 93.2 cm³/mol. The van der Waals surface area contributed by atoms with Gasteiger partial charge in [-0.05, 0) is 33.6 Å². The van der Waals surface area contributed by atoms with Crippen LogP contribution in [0.2, 0.25) is 0 Å². The second kappa shape index (κ2) is 8.92. The number of rotatable bonds is 4. The van der Waals surface area contributed by atoms with E-state index in [2.05, 4.69) is 5.32 Å². The molecule has 0 aromatic rings. The molecule has 0 aromatic heterocycles. The monoisotopic (exact) mass is 357 g/mol. The lowest BCUT2D eigenvalue weighted by Gasteiger charge is -2.37. The minimum Gasteiger partial charge on any atom is -0.450 e. The van der Waals surface area contributed by atoms with Crippen LogP contribution in [0.25, 0.3) is 0 Å². The van der Waals surface area contributed by atoms with Crippen molar-refractivity contribution in [1.29, 1.82) is 0 Å². The number of hydrogen-bond acceptors (Lipinski definition) is 5. The van der Waals surface area contributed by atoms with Crippen molar-refractivity contribution >= 4 is 18.1 Å². The molecule has 8 heteroatoms. The van der Waals surface area contributed by atoms with E-state index >= 15 is 0 Å². The Morgan fingerprint density at radius 3 is 2.00 bits per heavy atom. The average Bonchev–Trinajstić information content (AvgIpc) is 2.50. The Balaban J connectivity index is 2.60. The van der Waals surface area contributed by atoms with E-state index in [1.807, 2.05) is 34.6 Å². The van der Waals surface area contributed by atoms with Crippen LogP contribution >= 0.6 is 0 Å². The Labute approximate surface area is 149 Å². The molecular formula is C17H31N3O5. The molecule has 8 nitrogen and oxygen atoms in total. The van der Waals surface area contributed by atoms with Crippen LogP contribution in [0.5, 0.6) is 0 Å². The third-order valence-corrected chi connectivity index (χ3v) is 3.72. The Morgan fingerprint density at radius 2 is 1.56 bits per heavy atom. The van der Waals surface area contributed by atoms with Crippen molar-refractivity contribution in [1.82, 2.24) is 15.1 Å². The third kappa shape index (κ3) is 6.80. The molecule has 1 rings (SSSR count). The smallest absolute Gasteiger partial charge is 0.410 e. The number of amides is 3. The fourth-order valence-corrected chi connectivity index (χ4v) is 2.45. The van der Waals surface area contributed by atoms with Crippen LogP contribution in [-0.2, 0) is 14.3 Å². The van der Waals surface area contributed by atoms with Crippen molar-refractivity contribution in [2.24, 2.45) is 5.92 Å². The molecule has 0 aliphatic carbocycles. The highest BCUT2D eigenvalue weighted by Gasteiger charge is 2.33. The highest BCUT2D eigenvalue weighted by Crippen LogP contribution is 2.14. The first-order valence-electron chi connectivity index (χ1n) is 8.75. The van der Waals surface area contributed by atoms with Crippen LogP contribution in [-0.4, -0.2) is 72.3 Å². The maximum Gasteiger partial charge on any atom is 0.410 e. The molecule has 0 saturated carbocycles. The first kappa shape index (κ1) is 21.1. The summed E-state index contributed by atoms with van der Waals surface area (Å²) in [5.41, 5.74) is -0.545. The van der Waals surface area contributed by atoms with Gasteiger partial charge in [-0.1, -0.05) is 13.8 Å². The van der Waals surface area contributed by atoms with E-state index < -0.39 is 17.7 Å². The van der Waals surface area contributed by atoms with Gasteiger partial charge in [-0.15, -0.1) is 0 Å². The summed E-state index contributed by atoms with van der Waals surface area (Å²) in [7, 11) is 0. The van der Waals surface area contributed by atoms with Gasteiger partial charge in [-0.3, -0.25) is 4.79 Å². The van der Waals surface area contributed by atoms with E-state index in [1.54, 1.807) is 16.7 Å². The number of piperazine rings is 1. The summed E-state index contributed by atoms with van der Waals surface area (Å²) in [6.45, 7) is 12.8. The van der Waals surface area contributed by atoms with Crippen molar-refractivity contribution in [3.05, 3.63) is 0 Å². The average molecular weight is 357 g/mol. The van der Waals surface area contributed by atoms with Crippen molar-refractivity contribution in [3.8, 4) is 0 Å². The molecule has 144 valence electrons. The number of nitrogens with zero attached hydrogens (tertiary/aromatic N) is 2. The van der Waals surface area contributed by atoms with Gasteiger partial charge in [-0.2, -0.15) is 0 Å². The molecule has 1 saturated heterocycles. The standard InChI is InChI=1S/C17H31N3O5/c1-7-24-15(22)18-13(12(2)3)14(21)19-8-10-20(11-9-19)16(23)25-17(4,5)6/h12-13H,7-11H2,1-6H3,(H,18,22). The Hall–Kier alpha value is -1.99. The van der Waals surface area contributed by atoms with Gasteiger partial charge in [0.2, 0.25) is 5.91 Å². The maximum absolute atomic E-state index is 12.7. The minimum atomic E-state index is -0.646. The number of hydrogen-bond donors (Lipinski definition) is 1. The van der Waals surface area contributed by atoms with Crippen molar-refractivity contribution < 1.29 is 23.9 Å². The molecule has 0 bridgehead atoms. The number of alkyl carbamates (subject to hydrolysis) is 1. The second-order valence-corrected chi connectivity index (χ2v) is 7.38. The number of carbonyl (C=O) groups is 3. The number of carbonyl (C=O) groups excluding carboxylic acids is 3. The fraction of sp³-hybridized carbons (Fsp3) is 0.824. The zero-order valence-electron chi connectivity index (χ0n) is 16.1. The van der Waals surface area contributed by atoms with Crippen molar-refractivity contribution in [2.75, 3.05) is 32.8 Å². The lowest BCUT2D eigenvalue weighted by molar-refractivity contribution is -0.136. The van der Waals surface area contributed by atoms with Gasteiger partial charge in [-0.25, -0.2) is 9.59 Å². The van der Waals surface area contributed by atoms with Crippen LogP contribution in [0.15, 0.2) is 0 Å². The molecule has 25 heavy (non-hydrogen) atoms. The zero-order chi connectivity index (χ0) is 19.2. The summed E-state index contributed by atoms with van der Waals surface area (Å²) in [6, 6.07) is -0.646. The molecule has 0 spiro atoms. The molecular weight excluding hydrogens is 326 g/mol. The molecule has 3 amide bonds. The van der Waals surface area contributed by atoms with E-state index in [9.17, 15) is 14.4 Å². The van der Waals surface area contributed by atoms with Gasteiger partial charge in [0.05, 0.1) is 6.61 Å². The Kier molecular flexibility index (Phi) is 7.51. The SMILES string of the molecule is CCOC(=O)NC(C(=O)N1CCN(C(=O)OC(C)(C)C)CC1)C(C)C. The molecule has 1 aliphatic rings. The van der Waals surface area contributed by atoms with Crippen molar-refractivity contribution in [3.63, 3.8) is 0 Å². The maximum atomic E-state index is 12.7. The van der Waals surface area contributed by atoms with E-state index in [4.69, 9.17) is 9.47 Å². The van der Waals surface area contributed by atoms with Gasteiger partial charge in [0, 0.05) is 26.2 Å². The van der Waals surface area contributed by atoms with Crippen LogP contribution in [0.3, 0.4) is 0 Å². The topological polar surface area (TPSA) is 88.2 Å². The molecule has 1 heterocycles. The van der Waals surface area contributed by atoms with Crippen LogP contribution in [0.1, 0.15) is 41.5 Å². The molecule has 1 fully saturated rings. The first-order chi connectivity index (χ1) is 11.5. The summed E-state index contributed by atoms with van der Waals surface area (Å²) < 4.78 is 10.2. The second-order valence-electron chi connectivity index (χ2n) is 7.38. The quantitative estimate of drug-likeness (QED) is 0.829. The first-order valence-corrected chi connectivity index (χ1v) is 8.75. The number of ether oxygens (including phenoxy) is 2. The summed E-state index contributed by atoms with van der Waals surface area (Å²) in [6.07, 6.45) is -0.966. The van der Waals surface area contributed by atoms with E-state index in [0.29, 0.717) is 26.2 Å². The largest absolute Gasteiger partial charge is 0.450 e. The lowest BCUT2D eigenvalue weighted by Crippen LogP contribution is -2.57. The van der Waals surface area contributed by atoms with E-state index in [-0.39, 0.29) is 24.5 Å². The van der Waals surface area contributed by atoms with Crippen LogP contribution in [0.4, 0.5) is 9.59 Å². The molecule has 1 atom stereocenters. The summed E-state index contributed by atoms with van der Waals surface area (Å²) >= 11 is 0. The number of nitrogens with one attached hydrogen (secondary N) is 1. The molecule has 1 aliphatic heterocycles. The van der Waals surface area contributed by atoms with Gasteiger partial charge in [0.15, 0.2) is 0 Å². The van der Waals surface area contributed by atoms with Crippen LogP contribution in [0, 0.1) is 5.92 Å². The van der Waals surface area contributed by atoms with Gasteiger partial charge in [0.25, 0.3) is 0 Å². The summed E-state index contributed by atoms with van der Waals surface area (Å²) in [5, 5.41) is 2.62. The highest BCUT2D eigenvalue weighted by atomic mass is 16.6. The fourth-order valence-electron chi connectivity index (χ4n) is 2.45. The van der Waals surface area contributed by atoms with E-state index in [1.165, 1.54) is 0 Å². The van der Waals surface area contributed by atoms with Gasteiger partial charge < -0.3 is 24.6 Å². The molecule has 1 N–H and O–H groups in total. The lowest BCUT2D eigenvalue weighted by atomic mass is 10.0. The zero-order valence-corrected chi connectivity index (χ0v) is 16.1. The van der Waals surface area contributed by atoms with Crippen LogP contribution < -0.4 is 5.32 Å². The van der Waals surface area contributed by atoms with Gasteiger partial charge in [0.1, 0.15) is 11.6 Å². The molecule has 0 radical (unpaired) electrons. The Bertz CT molecular complexity index is 479. The highest BCUT2D eigenvalue weighted by molar-refractivity contribution is 5.86. The van der Waals surface area contributed by atoms with E-state index in [0.717, 1.165) is 0 Å². The summed E-state index contributed by atoms with van der Waals surface area (Å²) in [5.74, 6) is -0.229. The summed E-state index contributed by atoms with van der Waals surface area (Å²) in [4.78, 5) is 39.7. The minimum absolute atomic E-state index is 0.0687. The Morgan fingerprint density at radius 1 is 1.04 bits per heavy atom. The predicted octanol–water partition coefficient (Wildman–Crippen LogP) is 1.84.